The Morgan fingerprint density at radius 3 is 2.25 bits per heavy atom. The summed E-state index contributed by atoms with van der Waals surface area (Å²) < 4.78 is 0. The molecule has 3 heteroatoms. The minimum absolute atomic E-state index is 0.0931. The quantitative estimate of drug-likeness (QED) is 0.388. The first-order valence-electron chi connectivity index (χ1n) is 13.5. The van der Waals surface area contributed by atoms with E-state index in [1.165, 1.54) is 19.3 Å². The summed E-state index contributed by atoms with van der Waals surface area (Å²) >= 11 is 0. The van der Waals surface area contributed by atoms with Crippen LogP contribution in [0.1, 0.15) is 92.9 Å². The van der Waals surface area contributed by atoms with Crippen LogP contribution in [0.25, 0.3) is 0 Å². The molecule has 32 heavy (non-hydrogen) atoms. The molecule has 4 rings (SSSR count). The van der Waals surface area contributed by atoms with E-state index >= 15 is 0 Å². The van der Waals surface area contributed by atoms with Crippen LogP contribution >= 0.6 is 0 Å². The van der Waals surface area contributed by atoms with Gasteiger partial charge in [-0.2, -0.15) is 0 Å². The molecule has 0 aromatic rings. The Labute approximate surface area is 196 Å². The van der Waals surface area contributed by atoms with E-state index in [-0.39, 0.29) is 28.6 Å². The molecule has 0 amide bonds. The number of hydrogen-bond donors (Lipinski definition) is 2. The zero-order valence-corrected chi connectivity index (χ0v) is 21.4. The lowest BCUT2D eigenvalue weighted by molar-refractivity contribution is -0.170. The van der Waals surface area contributed by atoms with Gasteiger partial charge in [0.25, 0.3) is 0 Å². The minimum Gasteiger partial charge on any atom is -0.389 e. The molecule has 0 bridgehead atoms. The third-order valence-corrected chi connectivity index (χ3v) is 11.7. The highest BCUT2D eigenvalue weighted by atomic mass is 16.3. The van der Waals surface area contributed by atoms with Crippen LogP contribution < -0.4 is 0 Å². The first kappa shape index (κ1) is 24.5. The molecule has 0 unspecified atom stereocenters. The zero-order valence-electron chi connectivity index (χ0n) is 21.4. The highest BCUT2D eigenvalue weighted by Gasteiger charge is 2.74. The van der Waals surface area contributed by atoms with E-state index in [2.05, 4.69) is 48.1 Å². The Morgan fingerprint density at radius 1 is 1.00 bits per heavy atom. The topological polar surface area (TPSA) is 57.5 Å². The largest absolute Gasteiger partial charge is 0.389 e. The second kappa shape index (κ2) is 8.22. The van der Waals surface area contributed by atoms with Crippen LogP contribution in [-0.4, -0.2) is 28.2 Å². The predicted molar refractivity (Wildman–Crippen MR) is 130 cm³/mol. The number of carbonyl (C=O) groups is 1. The third kappa shape index (κ3) is 3.23. The number of fused-ring (bicyclic) bond motifs is 5. The molecule has 0 saturated heterocycles. The maximum absolute atomic E-state index is 12.6. The van der Waals surface area contributed by atoms with Gasteiger partial charge in [-0.25, -0.2) is 0 Å². The number of aldehydes is 1. The smallest absolute Gasteiger partial charge is 0.126 e. The van der Waals surface area contributed by atoms with E-state index in [4.69, 9.17) is 0 Å². The Balaban J connectivity index is 1.63. The molecule has 0 aromatic carbocycles. The summed E-state index contributed by atoms with van der Waals surface area (Å²) in [5.41, 5.74) is -0.197. The van der Waals surface area contributed by atoms with E-state index in [0.29, 0.717) is 18.3 Å². The van der Waals surface area contributed by atoms with Crippen molar-refractivity contribution in [2.24, 2.45) is 58.2 Å². The minimum atomic E-state index is -0.957. The highest BCUT2D eigenvalue weighted by molar-refractivity contribution is 5.61. The van der Waals surface area contributed by atoms with Gasteiger partial charge in [-0.1, -0.05) is 61.0 Å². The average Bonchev–Trinajstić information content (AvgIpc) is 3.19. The van der Waals surface area contributed by atoms with Crippen LogP contribution in [0.5, 0.6) is 0 Å². The van der Waals surface area contributed by atoms with Crippen LogP contribution in [0.15, 0.2) is 12.2 Å². The van der Waals surface area contributed by atoms with Gasteiger partial charge in [0, 0.05) is 0 Å². The molecule has 4 aliphatic carbocycles. The van der Waals surface area contributed by atoms with Crippen molar-refractivity contribution < 1.29 is 15.0 Å². The van der Waals surface area contributed by atoms with Crippen molar-refractivity contribution in [3.63, 3.8) is 0 Å². The van der Waals surface area contributed by atoms with Gasteiger partial charge in [0.05, 0.1) is 17.6 Å². The van der Waals surface area contributed by atoms with E-state index < -0.39 is 17.6 Å². The van der Waals surface area contributed by atoms with Gasteiger partial charge in [-0.3, -0.25) is 0 Å². The fourth-order valence-electron chi connectivity index (χ4n) is 9.54. The summed E-state index contributed by atoms with van der Waals surface area (Å²) in [6, 6.07) is 0. The Hall–Kier alpha value is -0.670. The first-order chi connectivity index (χ1) is 14.9. The Kier molecular flexibility index (Phi) is 6.28. The van der Waals surface area contributed by atoms with Gasteiger partial charge >= 0.3 is 0 Å². The molecular formula is C29H48O3. The zero-order chi connectivity index (χ0) is 23.6. The third-order valence-electron chi connectivity index (χ3n) is 11.7. The van der Waals surface area contributed by atoms with Gasteiger partial charge < -0.3 is 15.0 Å². The molecule has 0 aromatic heterocycles. The highest BCUT2D eigenvalue weighted by Crippen LogP contribution is 2.73. The number of rotatable bonds is 6. The fraction of sp³-hybridized carbons (Fsp3) is 0.897. The molecule has 4 saturated carbocycles. The summed E-state index contributed by atoms with van der Waals surface area (Å²) in [5, 5.41) is 23.1. The summed E-state index contributed by atoms with van der Waals surface area (Å²) in [5.74, 6) is 2.52. The molecule has 0 heterocycles. The lowest BCUT2D eigenvalue weighted by Gasteiger charge is -2.55. The van der Waals surface area contributed by atoms with Gasteiger partial charge in [-0.05, 0) is 96.4 Å². The number of hydrogen-bond acceptors (Lipinski definition) is 3. The summed E-state index contributed by atoms with van der Waals surface area (Å²) in [6.07, 6.45) is 8.98. The van der Waals surface area contributed by atoms with Crippen molar-refractivity contribution in [3.8, 4) is 0 Å². The summed E-state index contributed by atoms with van der Waals surface area (Å²) in [6.45, 7) is 18.4. The molecule has 11 atom stereocenters. The van der Waals surface area contributed by atoms with Gasteiger partial charge in [0.2, 0.25) is 0 Å². The van der Waals surface area contributed by atoms with Gasteiger partial charge in [0.15, 0.2) is 0 Å². The lowest BCUT2D eigenvalue weighted by atomic mass is 9.51. The number of aliphatic hydroxyl groups excluding tert-OH is 1. The van der Waals surface area contributed by atoms with Gasteiger partial charge in [0.1, 0.15) is 6.29 Å². The Morgan fingerprint density at radius 2 is 1.62 bits per heavy atom. The molecule has 182 valence electrons. The van der Waals surface area contributed by atoms with Crippen molar-refractivity contribution in [1.82, 2.24) is 0 Å². The molecule has 2 N–H and O–H groups in total. The van der Waals surface area contributed by atoms with Crippen LogP contribution in [0, 0.1) is 58.2 Å². The average molecular weight is 445 g/mol. The summed E-state index contributed by atoms with van der Waals surface area (Å²) in [4.78, 5) is 12.6. The second-order valence-corrected chi connectivity index (χ2v) is 13.3. The molecule has 4 fully saturated rings. The van der Waals surface area contributed by atoms with Gasteiger partial charge in [-0.15, -0.1) is 0 Å². The Bertz CT molecular complexity index is 745. The molecule has 3 nitrogen and oxygen atoms in total. The monoisotopic (exact) mass is 444 g/mol. The van der Waals surface area contributed by atoms with E-state index in [1.807, 2.05) is 0 Å². The maximum atomic E-state index is 12.6. The van der Waals surface area contributed by atoms with Crippen molar-refractivity contribution in [2.75, 3.05) is 0 Å². The van der Waals surface area contributed by atoms with E-state index in [1.54, 1.807) is 0 Å². The van der Waals surface area contributed by atoms with Crippen molar-refractivity contribution in [3.05, 3.63) is 12.2 Å². The van der Waals surface area contributed by atoms with Crippen LogP contribution in [0.4, 0.5) is 0 Å². The lowest BCUT2D eigenvalue weighted by Crippen LogP contribution is -2.58. The standard InChI is InChI=1S/C29H48O3/c1-17(2)18(3)8-9-19(4)21-10-11-24-27(21,6)15-13-25-28(7)14-12-23(31)20(5)26(28)22(16-30)29(24,25)32/h16-19,21-26,31-32H,5,8-15H2,1-4,6-7H3/t18-,19-,21-,22-,23+,24-,25-,26-,27-,28-,29-/m1/s1. The van der Waals surface area contributed by atoms with Crippen molar-refractivity contribution >= 4 is 6.29 Å². The van der Waals surface area contributed by atoms with E-state index in [9.17, 15) is 15.0 Å². The number of carbonyl (C=O) groups excluding carboxylic acids is 1. The number of aliphatic hydroxyl groups is 2. The predicted octanol–water partition coefficient (Wildman–Crippen LogP) is 6.03. The van der Waals surface area contributed by atoms with Crippen LogP contribution in [-0.2, 0) is 4.79 Å². The fourth-order valence-corrected chi connectivity index (χ4v) is 9.54. The first-order valence-corrected chi connectivity index (χ1v) is 13.5. The summed E-state index contributed by atoms with van der Waals surface area (Å²) in [7, 11) is 0. The molecule has 0 spiro atoms. The molecular weight excluding hydrogens is 396 g/mol. The normalized spacial score (nSPS) is 50.0. The van der Waals surface area contributed by atoms with Crippen LogP contribution in [0.2, 0.25) is 0 Å². The van der Waals surface area contributed by atoms with E-state index in [0.717, 1.165) is 49.4 Å². The molecule has 4 aliphatic rings. The molecule has 0 aliphatic heterocycles. The maximum Gasteiger partial charge on any atom is 0.126 e. The second-order valence-electron chi connectivity index (χ2n) is 13.3. The van der Waals surface area contributed by atoms with Crippen molar-refractivity contribution in [1.29, 1.82) is 0 Å². The van der Waals surface area contributed by atoms with Crippen LogP contribution in [0.3, 0.4) is 0 Å². The van der Waals surface area contributed by atoms with Crippen molar-refractivity contribution in [2.45, 2.75) is 105 Å². The molecule has 0 radical (unpaired) electrons. The SMILES string of the molecule is C=C1[C@@H]2[C@@H](C=O)[C@]3(O)[C@H](CC[C@]4(C)[C@@H]([C@H](C)CC[C@@H](C)C(C)C)CC[C@H]43)[C@@]2(C)CC[C@@H]1O.